The number of nitrogens with one attached hydrogen (secondary N) is 1. The van der Waals surface area contributed by atoms with Crippen LogP contribution < -0.4 is 5.32 Å². The second-order valence-electron chi connectivity index (χ2n) is 5.70. The highest BCUT2D eigenvalue weighted by atomic mass is 16.5. The molecule has 2 atom stereocenters. The molecule has 0 radical (unpaired) electrons. The summed E-state index contributed by atoms with van der Waals surface area (Å²) in [4.78, 5) is 9.20. The Balaban J connectivity index is 1.97. The topological polar surface area (TPSA) is 47.0 Å². The molecule has 1 aliphatic heterocycles. The summed E-state index contributed by atoms with van der Waals surface area (Å²) in [5.74, 6) is 0.917. The van der Waals surface area contributed by atoms with Crippen molar-refractivity contribution in [2.45, 2.75) is 65.0 Å². The lowest BCUT2D eigenvalue weighted by Crippen LogP contribution is -2.24. The molecule has 4 heteroatoms. The zero-order chi connectivity index (χ0) is 14.4. The molecule has 1 aliphatic rings. The smallest absolute Gasteiger partial charge is 0.131 e. The van der Waals surface area contributed by atoms with E-state index in [0.717, 1.165) is 43.9 Å². The Labute approximate surface area is 122 Å². The average molecular weight is 277 g/mol. The maximum atomic E-state index is 5.76. The van der Waals surface area contributed by atoms with E-state index < -0.39 is 0 Å². The fourth-order valence-electron chi connectivity index (χ4n) is 2.69. The van der Waals surface area contributed by atoms with Crippen LogP contribution in [-0.4, -0.2) is 29.2 Å². The van der Waals surface area contributed by atoms with Crippen molar-refractivity contribution in [3.05, 3.63) is 23.3 Å². The molecule has 1 aromatic rings. The largest absolute Gasteiger partial charge is 0.378 e. The number of hydrogen-bond acceptors (Lipinski definition) is 4. The summed E-state index contributed by atoms with van der Waals surface area (Å²) in [6.07, 6.45) is 7.87. The van der Waals surface area contributed by atoms with Crippen LogP contribution in [0.2, 0.25) is 0 Å². The molecule has 0 bridgehead atoms. The number of rotatable bonds is 6. The lowest BCUT2D eigenvalue weighted by atomic mass is 10.1. The van der Waals surface area contributed by atoms with E-state index in [1.54, 1.807) is 0 Å². The third kappa shape index (κ3) is 4.25. The highest BCUT2D eigenvalue weighted by Crippen LogP contribution is 2.18. The van der Waals surface area contributed by atoms with E-state index in [9.17, 15) is 0 Å². The van der Waals surface area contributed by atoms with Gasteiger partial charge in [-0.05, 0) is 46.1 Å². The molecule has 20 heavy (non-hydrogen) atoms. The van der Waals surface area contributed by atoms with E-state index in [2.05, 4.69) is 36.1 Å². The van der Waals surface area contributed by atoms with E-state index in [-0.39, 0.29) is 0 Å². The van der Waals surface area contributed by atoms with Gasteiger partial charge in [-0.1, -0.05) is 6.92 Å². The summed E-state index contributed by atoms with van der Waals surface area (Å²) in [6, 6.07) is 0.315. The predicted octanol–water partition coefficient (Wildman–Crippen LogP) is 2.96. The number of nitrogens with zero attached hydrogens (tertiary/aromatic N) is 2. The van der Waals surface area contributed by atoms with E-state index >= 15 is 0 Å². The first-order chi connectivity index (χ1) is 9.70. The molecule has 0 aromatic carbocycles. The van der Waals surface area contributed by atoms with Crippen LogP contribution in [0.4, 0.5) is 0 Å². The van der Waals surface area contributed by atoms with Gasteiger partial charge in [-0.3, -0.25) is 0 Å². The minimum Gasteiger partial charge on any atom is -0.378 e. The van der Waals surface area contributed by atoms with Gasteiger partial charge in [0, 0.05) is 36.5 Å². The Kier molecular flexibility index (Phi) is 5.92. The van der Waals surface area contributed by atoms with Crippen molar-refractivity contribution in [1.29, 1.82) is 0 Å². The molecule has 112 valence electrons. The van der Waals surface area contributed by atoms with Crippen molar-refractivity contribution in [3.63, 3.8) is 0 Å². The summed E-state index contributed by atoms with van der Waals surface area (Å²) >= 11 is 0. The van der Waals surface area contributed by atoms with E-state index in [1.807, 2.05) is 6.20 Å². The van der Waals surface area contributed by atoms with Crippen LogP contribution in [0.15, 0.2) is 6.20 Å². The van der Waals surface area contributed by atoms with Crippen molar-refractivity contribution in [2.24, 2.45) is 0 Å². The van der Waals surface area contributed by atoms with Crippen molar-refractivity contribution in [1.82, 2.24) is 15.3 Å². The molecule has 0 aliphatic carbocycles. The van der Waals surface area contributed by atoms with Crippen molar-refractivity contribution in [2.75, 3.05) is 13.2 Å². The van der Waals surface area contributed by atoms with Crippen LogP contribution >= 0.6 is 0 Å². The Bertz CT molecular complexity index is 416. The molecular weight excluding hydrogens is 250 g/mol. The molecule has 2 rings (SSSR count). The van der Waals surface area contributed by atoms with Crippen LogP contribution in [-0.2, 0) is 11.2 Å². The number of hydrogen-bond donors (Lipinski definition) is 1. The lowest BCUT2D eigenvalue weighted by Gasteiger charge is -2.22. The van der Waals surface area contributed by atoms with Crippen molar-refractivity contribution >= 4 is 0 Å². The van der Waals surface area contributed by atoms with Gasteiger partial charge in [0.2, 0.25) is 0 Å². The summed E-state index contributed by atoms with van der Waals surface area (Å²) in [6.45, 7) is 8.34. The summed E-state index contributed by atoms with van der Waals surface area (Å²) in [7, 11) is 0. The SMILES string of the molecule is CCCNC(C)c1cnc(CC2CCCCO2)nc1C. The fourth-order valence-corrected chi connectivity index (χ4v) is 2.69. The number of aryl methyl sites for hydroxylation is 1. The third-order valence-electron chi connectivity index (χ3n) is 3.92. The van der Waals surface area contributed by atoms with Gasteiger partial charge in [0.1, 0.15) is 5.82 Å². The quantitative estimate of drug-likeness (QED) is 0.868. The zero-order valence-corrected chi connectivity index (χ0v) is 13.0. The highest BCUT2D eigenvalue weighted by Gasteiger charge is 2.17. The monoisotopic (exact) mass is 277 g/mol. The second kappa shape index (κ2) is 7.70. The number of aromatic nitrogens is 2. The molecule has 2 heterocycles. The maximum Gasteiger partial charge on any atom is 0.131 e. The Morgan fingerprint density at radius 1 is 1.45 bits per heavy atom. The van der Waals surface area contributed by atoms with Crippen LogP contribution in [0, 0.1) is 6.92 Å². The number of ether oxygens (including phenoxy) is 1. The zero-order valence-electron chi connectivity index (χ0n) is 13.0. The Morgan fingerprint density at radius 2 is 2.30 bits per heavy atom. The molecule has 1 saturated heterocycles. The molecule has 1 aromatic heterocycles. The molecular formula is C16H27N3O. The first-order valence-corrected chi connectivity index (χ1v) is 7.88. The lowest BCUT2D eigenvalue weighted by molar-refractivity contribution is 0.0156. The van der Waals surface area contributed by atoms with Gasteiger partial charge in [-0.15, -0.1) is 0 Å². The molecule has 0 amide bonds. The standard InChI is InChI=1S/C16H27N3O/c1-4-8-17-12(2)15-11-18-16(19-13(15)3)10-14-7-5-6-9-20-14/h11-12,14,17H,4-10H2,1-3H3. The molecule has 0 saturated carbocycles. The van der Waals surface area contributed by atoms with Crippen LogP contribution in [0.1, 0.15) is 62.7 Å². The van der Waals surface area contributed by atoms with Gasteiger partial charge in [0.05, 0.1) is 6.10 Å². The Morgan fingerprint density at radius 3 is 2.95 bits per heavy atom. The van der Waals surface area contributed by atoms with Crippen LogP contribution in [0.5, 0.6) is 0 Å². The summed E-state index contributed by atoms with van der Waals surface area (Å²) in [5, 5.41) is 3.49. The Hall–Kier alpha value is -1.00. The van der Waals surface area contributed by atoms with Gasteiger partial charge in [0.25, 0.3) is 0 Å². The molecule has 1 fully saturated rings. The molecule has 0 spiro atoms. The van der Waals surface area contributed by atoms with Crippen molar-refractivity contribution < 1.29 is 4.74 Å². The minimum atomic E-state index is 0.310. The first-order valence-electron chi connectivity index (χ1n) is 7.88. The molecule has 1 N–H and O–H groups in total. The van der Waals surface area contributed by atoms with Gasteiger partial charge in [0.15, 0.2) is 0 Å². The molecule has 4 nitrogen and oxygen atoms in total. The first kappa shape index (κ1) is 15.4. The minimum absolute atomic E-state index is 0.310. The van der Waals surface area contributed by atoms with Gasteiger partial charge < -0.3 is 10.1 Å². The van der Waals surface area contributed by atoms with Crippen LogP contribution in [0.3, 0.4) is 0 Å². The fraction of sp³-hybridized carbons (Fsp3) is 0.750. The van der Waals surface area contributed by atoms with E-state index in [0.29, 0.717) is 12.1 Å². The van der Waals surface area contributed by atoms with Gasteiger partial charge in [-0.2, -0.15) is 0 Å². The maximum absolute atomic E-state index is 5.76. The van der Waals surface area contributed by atoms with E-state index in [4.69, 9.17) is 4.74 Å². The van der Waals surface area contributed by atoms with Crippen LogP contribution in [0.25, 0.3) is 0 Å². The highest BCUT2D eigenvalue weighted by molar-refractivity contribution is 5.20. The summed E-state index contributed by atoms with van der Waals surface area (Å²) < 4.78 is 5.76. The van der Waals surface area contributed by atoms with Gasteiger partial charge in [-0.25, -0.2) is 9.97 Å². The van der Waals surface area contributed by atoms with Gasteiger partial charge >= 0.3 is 0 Å². The van der Waals surface area contributed by atoms with E-state index in [1.165, 1.54) is 18.4 Å². The second-order valence-corrected chi connectivity index (χ2v) is 5.70. The average Bonchev–Trinajstić information content (AvgIpc) is 2.46. The van der Waals surface area contributed by atoms with Crippen molar-refractivity contribution in [3.8, 4) is 0 Å². The molecule has 2 unspecified atom stereocenters. The third-order valence-corrected chi connectivity index (χ3v) is 3.92. The predicted molar refractivity (Wildman–Crippen MR) is 80.8 cm³/mol. The normalized spacial score (nSPS) is 20.9. The summed E-state index contributed by atoms with van der Waals surface area (Å²) in [5.41, 5.74) is 2.29.